The number of benzene rings is 2. The SMILES string of the molecule is O=C(Nc1ccccc1-n1cccc1)c1csc(C2CCN(C(=O)c3c(F)cccc3Cl)CC2)n1. The van der Waals surface area contributed by atoms with Crippen LogP contribution in [0.5, 0.6) is 0 Å². The van der Waals surface area contributed by atoms with Crippen molar-refractivity contribution < 1.29 is 14.0 Å². The zero-order valence-corrected chi connectivity index (χ0v) is 20.2. The van der Waals surface area contributed by atoms with Gasteiger partial charge in [-0.25, -0.2) is 9.37 Å². The molecular formula is C26H22ClFN4O2S. The van der Waals surface area contributed by atoms with Gasteiger partial charge in [-0.1, -0.05) is 29.8 Å². The lowest BCUT2D eigenvalue weighted by atomic mass is 9.97. The van der Waals surface area contributed by atoms with Crippen LogP contribution in [-0.2, 0) is 0 Å². The molecular weight excluding hydrogens is 487 g/mol. The molecule has 4 aromatic rings. The number of carbonyl (C=O) groups excluding carboxylic acids is 2. The van der Waals surface area contributed by atoms with Crippen LogP contribution in [0, 0.1) is 5.82 Å². The summed E-state index contributed by atoms with van der Waals surface area (Å²) in [7, 11) is 0. The number of hydrogen-bond donors (Lipinski definition) is 1. The van der Waals surface area contributed by atoms with Gasteiger partial charge in [0.1, 0.15) is 11.5 Å². The molecule has 5 rings (SSSR count). The molecule has 1 saturated heterocycles. The maximum absolute atomic E-state index is 14.2. The molecule has 0 atom stereocenters. The normalized spacial score (nSPS) is 14.2. The van der Waals surface area contributed by atoms with E-state index in [1.165, 1.54) is 29.5 Å². The van der Waals surface area contributed by atoms with Crippen molar-refractivity contribution in [2.24, 2.45) is 0 Å². The number of hydrogen-bond acceptors (Lipinski definition) is 4. The van der Waals surface area contributed by atoms with Gasteiger partial charge in [-0.05, 0) is 49.2 Å². The monoisotopic (exact) mass is 508 g/mol. The number of aromatic nitrogens is 2. The fourth-order valence-corrected chi connectivity index (χ4v) is 5.47. The molecule has 1 aliphatic heterocycles. The number of nitrogens with one attached hydrogen (secondary N) is 1. The molecule has 0 aliphatic carbocycles. The number of nitrogens with zero attached hydrogens (tertiary/aromatic N) is 3. The van der Waals surface area contributed by atoms with Gasteiger partial charge in [-0.15, -0.1) is 11.3 Å². The molecule has 0 radical (unpaired) electrons. The minimum absolute atomic E-state index is 0.0824. The summed E-state index contributed by atoms with van der Waals surface area (Å²) in [6.45, 7) is 0.943. The lowest BCUT2D eigenvalue weighted by Crippen LogP contribution is -2.38. The quantitative estimate of drug-likeness (QED) is 0.359. The van der Waals surface area contributed by atoms with E-state index in [9.17, 15) is 14.0 Å². The number of likely N-dealkylation sites (tertiary alicyclic amines) is 1. The van der Waals surface area contributed by atoms with Crippen LogP contribution < -0.4 is 5.32 Å². The standard InChI is InChI=1S/C26H22ClFN4O2S/c27-18-6-5-7-19(28)23(18)26(34)32-14-10-17(11-15-32)25-30-21(16-35-25)24(33)29-20-8-1-2-9-22(20)31-12-3-4-13-31/h1-9,12-13,16-17H,10-11,14-15H2,(H,29,33). The summed E-state index contributed by atoms with van der Waals surface area (Å²) in [6, 6.07) is 15.7. The molecule has 0 spiro atoms. The fraction of sp³-hybridized carbons (Fsp3) is 0.192. The Morgan fingerprint density at radius 2 is 1.77 bits per heavy atom. The van der Waals surface area contributed by atoms with Gasteiger partial charge in [-0.3, -0.25) is 9.59 Å². The third-order valence-corrected chi connectivity index (χ3v) is 7.42. The van der Waals surface area contributed by atoms with Gasteiger partial charge in [0, 0.05) is 36.8 Å². The number of para-hydroxylation sites is 2. The van der Waals surface area contributed by atoms with Crippen molar-refractivity contribution in [1.29, 1.82) is 0 Å². The second-order valence-corrected chi connectivity index (χ2v) is 9.59. The minimum Gasteiger partial charge on any atom is -0.338 e. The van der Waals surface area contributed by atoms with E-state index in [0.29, 0.717) is 37.3 Å². The molecule has 3 heterocycles. The van der Waals surface area contributed by atoms with Crippen LogP contribution in [-0.4, -0.2) is 39.4 Å². The molecule has 9 heteroatoms. The lowest BCUT2D eigenvalue weighted by Gasteiger charge is -2.31. The Hall–Kier alpha value is -3.49. The van der Waals surface area contributed by atoms with Gasteiger partial charge in [0.2, 0.25) is 0 Å². The van der Waals surface area contributed by atoms with Crippen molar-refractivity contribution in [2.45, 2.75) is 18.8 Å². The minimum atomic E-state index is -0.612. The Morgan fingerprint density at radius 1 is 1.03 bits per heavy atom. The van der Waals surface area contributed by atoms with E-state index in [1.807, 2.05) is 53.4 Å². The first-order chi connectivity index (χ1) is 17.0. The summed E-state index contributed by atoms with van der Waals surface area (Å²) in [5, 5.41) is 5.71. The summed E-state index contributed by atoms with van der Waals surface area (Å²) in [4.78, 5) is 31.9. The molecule has 1 N–H and O–H groups in total. The van der Waals surface area contributed by atoms with Crippen molar-refractivity contribution in [3.8, 4) is 5.69 Å². The highest BCUT2D eigenvalue weighted by molar-refractivity contribution is 7.10. The molecule has 35 heavy (non-hydrogen) atoms. The Morgan fingerprint density at radius 3 is 2.51 bits per heavy atom. The van der Waals surface area contributed by atoms with Crippen LogP contribution in [0.15, 0.2) is 72.4 Å². The molecule has 2 amide bonds. The van der Waals surface area contributed by atoms with Gasteiger partial charge in [0.15, 0.2) is 0 Å². The van der Waals surface area contributed by atoms with Gasteiger partial charge in [0.05, 0.1) is 27.0 Å². The van der Waals surface area contributed by atoms with Gasteiger partial charge in [0.25, 0.3) is 11.8 Å². The zero-order valence-electron chi connectivity index (χ0n) is 18.7. The Kier molecular flexibility index (Phi) is 6.66. The maximum Gasteiger partial charge on any atom is 0.275 e. The van der Waals surface area contributed by atoms with Crippen LogP contribution in [0.1, 0.15) is 44.6 Å². The maximum atomic E-state index is 14.2. The molecule has 6 nitrogen and oxygen atoms in total. The summed E-state index contributed by atoms with van der Waals surface area (Å²) < 4.78 is 16.1. The second kappa shape index (κ2) is 10.0. The fourth-order valence-electron chi connectivity index (χ4n) is 4.26. The molecule has 0 bridgehead atoms. The summed E-state index contributed by atoms with van der Waals surface area (Å²) in [6.07, 6.45) is 5.21. The number of carbonyl (C=O) groups is 2. The summed E-state index contributed by atoms with van der Waals surface area (Å²) in [5.41, 5.74) is 1.85. The van der Waals surface area contributed by atoms with Crippen LogP contribution in [0.2, 0.25) is 5.02 Å². The molecule has 178 valence electrons. The number of anilines is 1. The highest BCUT2D eigenvalue weighted by atomic mass is 35.5. The first-order valence-corrected chi connectivity index (χ1v) is 12.5. The van der Waals surface area contributed by atoms with Crippen LogP contribution in [0.4, 0.5) is 10.1 Å². The number of amides is 2. The van der Waals surface area contributed by atoms with E-state index >= 15 is 0 Å². The number of thiazole rings is 1. The Labute approximate surface area is 211 Å². The number of rotatable bonds is 5. The first-order valence-electron chi connectivity index (χ1n) is 11.2. The molecule has 2 aromatic carbocycles. The Balaban J connectivity index is 1.23. The third-order valence-electron chi connectivity index (χ3n) is 6.10. The molecule has 0 saturated carbocycles. The smallest absolute Gasteiger partial charge is 0.275 e. The highest BCUT2D eigenvalue weighted by Crippen LogP contribution is 2.32. The van der Waals surface area contributed by atoms with Crippen molar-refractivity contribution in [1.82, 2.24) is 14.5 Å². The highest BCUT2D eigenvalue weighted by Gasteiger charge is 2.29. The molecule has 0 unspecified atom stereocenters. The van der Waals surface area contributed by atoms with Crippen LogP contribution in [0.25, 0.3) is 5.69 Å². The summed E-state index contributed by atoms with van der Waals surface area (Å²) in [5.74, 6) is -1.14. The second-order valence-electron chi connectivity index (χ2n) is 8.30. The van der Waals surface area contributed by atoms with Crippen LogP contribution >= 0.6 is 22.9 Å². The average Bonchev–Trinajstić information content (AvgIpc) is 3.57. The predicted molar refractivity (Wildman–Crippen MR) is 135 cm³/mol. The topological polar surface area (TPSA) is 67.2 Å². The van der Waals surface area contributed by atoms with Crippen molar-refractivity contribution in [3.05, 3.63) is 99.5 Å². The van der Waals surface area contributed by atoms with Crippen LogP contribution in [0.3, 0.4) is 0 Å². The van der Waals surface area contributed by atoms with Crippen molar-refractivity contribution in [2.75, 3.05) is 18.4 Å². The van der Waals surface area contributed by atoms with E-state index in [2.05, 4.69) is 10.3 Å². The zero-order chi connectivity index (χ0) is 24.4. The predicted octanol–water partition coefficient (Wildman–Crippen LogP) is 6.00. The first kappa shape index (κ1) is 23.3. The Bertz CT molecular complexity index is 1340. The number of halogens is 2. The molecule has 2 aromatic heterocycles. The summed E-state index contributed by atoms with van der Waals surface area (Å²) >= 11 is 7.51. The third kappa shape index (κ3) is 4.85. The average molecular weight is 509 g/mol. The van der Waals surface area contributed by atoms with Gasteiger partial charge >= 0.3 is 0 Å². The number of piperidine rings is 1. The van der Waals surface area contributed by atoms with E-state index in [4.69, 9.17) is 11.6 Å². The van der Waals surface area contributed by atoms with E-state index < -0.39 is 11.7 Å². The van der Waals surface area contributed by atoms with Crippen molar-refractivity contribution >= 4 is 40.4 Å². The van der Waals surface area contributed by atoms with Gasteiger partial charge < -0.3 is 14.8 Å². The van der Waals surface area contributed by atoms with Gasteiger partial charge in [-0.2, -0.15) is 0 Å². The molecule has 1 aliphatic rings. The van der Waals surface area contributed by atoms with E-state index in [-0.39, 0.29) is 22.4 Å². The van der Waals surface area contributed by atoms with Crippen molar-refractivity contribution in [3.63, 3.8) is 0 Å². The molecule has 1 fully saturated rings. The van der Waals surface area contributed by atoms with E-state index in [1.54, 1.807) is 10.3 Å². The lowest BCUT2D eigenvalue weighted by molar-refractivity contribution is 0.0708. The van der Waals surface area contributed by atoms with E-state index in [0.717, 1.165) is 10.7 Å². The largest absolute Gasteiger partial charge is 0.338 e.